The number of hydrogen-bond acceptors (Lipinski definition) is 3. The van der Waals surface area contributed by atoms with E-state index in [-0.39, 0.29) is 5.54 Å². The van der Waals surface area contributed by atoms with Gasteiger partial charge in [-0.15, -0.1) is 0 Å². The molecule has 0 aromatic heterocycles. The van der Waals surface area contributed by atoms with Crippen LogP contribution in [0.15, 0.2) is 0 Å². The second-order valence-electron chi connectivity index (χ2n) is 8.58. The third-order valence-electron chi connectivity index (χ3n) is 5.85. The van der Waals surface area contributed by atoms with Crippen molar-refractivity contribution in [3.05, 3.63) is 0 Å². The highest BCUT2D eigenvalue weighted by Gasteiger charge is 2.41. The maximum atomic E-state index is 6.30. The Morgan fingerprint density at radius 1 is 1.10 bits per heavy atom. The molecule has 1 aliphatic carbocycles. The van der Waals surface area contributed by atoms with Crippen molar-refractivity contribution in [2.75, 3.05) is 19.6 Å². The van der Waals surface area contributed by atoms with Crippen LogP contribution in [0, 0.1) is 11.3 Å². The summed E-state index contributed by atoms with van der Waals surface area (Å²) in [4.78, 5) is 2.66. The second-order valence-corrected chi connectivity index (χ2v) is 8.58. The van der Waals surface area contributed by atoms with Gasteiger partial charge in [-0.3, -0.25) is 4.90 Å². The van der Waals surface area contributed by atoms with E-state index in [1.165, 1.54) is 32.1 Å². The molecule has 2 aliphatic rings. The van der Waals surface area contributed by atoms with E-state index in [9.17, 15) is 0 Å². The fraction of sp³-hybridized carbons (Fsp3) is 1.00. The van der Waals surface area contributed by atoms with E-state index in [2.05, 4.69) is 39.5 Å². The van der Waals surface area contributed by atoms with Gasteiger partial charge in [-0.1, -0.05) is 27.2 Å². The van der Waals surface area contributed by atoms with E-state index in [1.807, 2.05) is 0 Å². The van der Waals surface area contributed by atoms with Crippen LogP contribution in [-0.2, 0) is 4.74 Å². The maximum Gasteiger partial charge on any atom is 0.0678 e. The van der Waals surface area contributed by atoms with Crippen LogP contribution < -0.4 is 5.73 Å². The van der Waals surface area contributed by atoms with Crippen LogP contribution in [0.3, 0.4) is 0 Å². The summed E-state index contributed by atoms with van der Waals surface area (Å²) in [7, 11) is 0. The van der Waals surface area contributed by atoms with Gasteiger partial charge in [-0.25, -0.2) is 0 Å². The lowest BCUT2D eigenvalue weighted by Crippen LogP contribution is -2.60. The summed E-state index contributed by atoms with van der Waals surface area (Å²) in [6.07, 6.45) is 7.18. The first-order valence-corrected chi connectivity index (χ1v) is 8.87. The van der Waals surface area contributed by atoms with Crippen LogP contribution in [0.25, 0.3) is 0 Å². The zero-order valence-electron chi connectivity index (χ0n) is 14.8. The molecule has 0 radical (unpaired) electrons. The molecule has 2 fully saturated rings. The molecule has 3 nitrogen and oxygen atoms in total. The summed E-state index contributed by atoms with van der Waals surface area (Å²) in [6, 6.07) is 0. The summed E-state index contributed by atoms with van der Waals surface area (Å²) in [5.74, 6) is 0.835. The number of rotatable bonds is 2. The van der Waals surface area contributed by atoms with Gasteiger partial charge in [-0.2, -0.15) is 0 Å². The van der Waals surface area contributed by atoms with Gasteiger partial charge in [0, 0.05) is 25.2 Å². The molecule has 21 heavy (non-hydrogen) atoms. The van der Waals surface area contributed by atoms with E-state index >= 15 is 0 Å². The highest BCUT2D eigenvalue weighted by atomic mass is 16.5. The quantitative estimate of drug-likeness (QED) is 0.794. The van der Waals surface area contributed by atoms with Crippen LogP contribution in [0.5, 0.6) is 0 Å². The summed E-state index contributed by atoms with van der Waals surface area (Å²) < 4.78 is 5.92. The van der Waals surface area contributed by atoms with E-state index < -0.39 is 0 Å². The van der Waals surface area contributed by atoms with Gasteiger partial charge in [0.15, 0.2) is 0 Å². The summed E-state index contributed by atoms with van der Waals surface area (Å²) >= 11 is 0. The van der Waals surface area contributed by atoms with Crippen LogP contribution >= 0.6 is 0 Å². The first kappa shape index (κ1) is 17.2. The summed E-state index contributed by atoms with van der Waals surface area (Å²) in [5.41, 5.74) is 6.94. The lowest BCUT2D eigenvalue weighted by Gasteiger charge is -2.48. The molecular formula is C18H36N2O. The normalized spacial score (nSPS) is 40.0. The molecule has 1 aliphatic heterocycles. The molecule has 4 atom stereocenters. The average molecular weight is 296 g/mol. The fourth-order valence-electron chi connectivity index (χ4n) is 4.47. The van der Waals surface area contributed by atoms with Crippen molar-refractivity contribution in [1.82, 2.24) is 4.90 Å². The van der Waals surface area contributed by atoms with E-state index in [0.717, 1.165) is 25.6 Å². The van der Waals surface area contributed by atoms with Crippen LogP contribution in [0.4, 0.5) is 0 Å². The molecule has 124 valence electrons. The highest BCUT2D eigenvalue weighted by molar-refractivity contribution is 4.97. The fourth-order valence-corrected chi connectivity index (χ4v) is 4.47. The number of morpholine rings is 1. The minimum atomic E-state index is 0.215. The van der Waals surface area contributed by atoms with Crippen molar-refractivity contribution in [2.24, 2.45) is 17.1 Å². The van der Waals surface area contributed by atoms with E-state index in [1.54, 1.807) is 0 Å². The van der Waals surface area contributed by atoms with Gasteiger partial charge in [0.2, 0.25) is 0 Å². The lowest BCUT2D eigenvalue weighted by molar-refractivity contribution is -0.104. The molecule has 0 aromatic carbocycles. The number of hydrogen-bond donors (Lipinski definition) is 1. The summed E-state index contributed by atoms with van der Waals surface area (Å²) in [6.45, 7) is 14.5. The molecular weight excluding hydrogens is 260 g/mol. The molecule has 1 saturated carbocycles. The van der Waals surface area contributed by atoms with Crippen LogP contribution in [0.1, 0.15) is 66.7 Å². The topological polar surface area (TPSA) is 38.5 Å². The molecule has 2 N–H and O–H groups in total. The van der Waals surface area contributed by atoms with Crippen molar-refractivity contribution in [1.29, 1.82) is 0 Å². The maximum absolute atomic E-state index is 6.30. The third-order valence-corrected chi connectivity index (χ3v) is 5.85. The van der Waals surface area contributed by atoms with Crippen molar-refractivity contribution in [2.45, 2.75) is 84.5 Å². The minimum Gasteiger partial charge on any atom is -0.373 e. The third kappa shape index (κ3) is 4.00. The molecule has 0 aromatic rings. The Morgan fingerprint density at radius 3 is 2.24 bits per heavy atom. The first-order valence-electron chi connectivity index (χ1n) is 8.87. The van der Waals surface area contributed by atoms with Gasteiger partial charge in [0.1, 0.15) is 0 Å². The zero-order chi connectivity index (χ0) is 15.7. The molecule has 0 spiro atoms. The van der Waals surface area contributed by atoms with E-state index in [0.29, 0.717) is 17.6 Å². The smallest absolute Gasteiger partial charge is 0.0678 e. The molecule has 0 bridgehead atoms. The molecule has 2 rings (SSSR count). The minimum absolute atomic E-state index is 0.215. The Morgan fingerprint density at radius 2 is 1.71 bits per heavy atom. The largest absolute Gasteiger partial charge is 0.373 e. The van der Waals surface area contributed by atoms with Gasteiger partial charge in [0.25, 0.3) is 0 Å². The van der Waals surface area contributed by atoms with E-state index in [4.69, 9.17) is 10.5 Å². The molecule has 1 heterocycles. The Hall–Kier alpha value is -0.120. The SMILES string of the molecule is C[C@@H]1CN(C2(CN)CCCC(C(C)(C)C)CC2)C[C@H](C)O1. The Labute approximate surface area is 131 Å². The van der Waals surface area contributed by atoms with Gasteiger partial charge in [0.05, 0.1) is 12.2 Å². The zero-order valence-corrected chi connectivity index (χ0v) is 14.8. The Kier molecular flexibility index (Phi) is 5.38. The molecule has 1 saturated heterocycles. The van der Waals surface area contributed by atoms with Crippen LogP contribution in [0.2, 0.25) is 0 Å². The van der Waals surface area contributed by atoms with Crippen molar-refractivity contribution in [3.63, 3.8) is 0 Å². The number of ether oxygens (including phenoxy) is 1. The predicted octanol–water partition coefficient (Wildman–Crippen LogP) is 3.42. The Balaban J connectivity index is 2.10. The van der Waals surface area contributed by atoms with Gasteiger partial charge < -0.3 is 10.5 Å². The highest BCUT2D eigenvalue weighted by Crippen LogP contribution is 2.42. The standard InChI is InChI=1S/C18H36N2O/c1-14-11-20(12-15(2)21-14)18(13-19)9-6-7-16(8-10-18)17(3,4)5/h14-16H,6-13,19H2,1-5H3/t14-,15+,16?,18?. The number of nitrogens with zero attached hydrogens (tertiary/aromatic N) is 1. The van der Waals surface area contributed by atoms with Crippen molar-refractivity contribution < 1.29 is 4.74 Å². The monoisotopic (exact) mass is 296 g/mol. The average Bonchev–Trinajstić information content (AvgIpc) is 2.60. The predicted molar refractivity (Wildman–Crippen MR) is 89.4 cm³/mol. The summed E-state index contributed by atoms with van der Waals surface area (Å²) in [5, 5.41) is 0. The van der Waals surface area contributed by atoms with Crippen molar-refractivity contribution >= 4 is 0 Å². The number of nitrogens with two attached hydrogens (primary N) is 1. The van der Waals surface area contributed by atoms with Crippen LogP contribution in [-0.4, -0.2) is 42.3 Å². The second kappa shape index (κ2) is 6.55. The first-order chi connectivity index (χ1) is 9.77. The molecule has 3 heteroatoms. The van der Waals surface area contributed by atoms with Gasteiger partial charge >= 0.3 is 0 Å². The van der Waals surface area contributed by atoms with Crippen molar-refractivity contribution in [3.8, 4) is 0 Å². The molecule has 0 amide bonds. The van der Waals surface area contributed by atoms with Gasteiger partial charge in [-0.05, 0) is 50.9 Å². The lowest BCUT2D eigenvalue weighted by atomic mass is 9.76. The molecule has 2 unspecified atom stereocenters. The Bertz CT molecular complexity index is 329.